The molecule has 0 bridgehead atoms. The number of benzene rings is 2. The van der Waals surface area contributed by atoms with Crippen molar-refractivity contribution in [1.29, 1.82) is 0 Å². The second-order valence-corrected chi connectivity index (χ2v) is 9.26. The number of amides is 1. The molecule has 3 heterocycles. The minimum absolute atomic E-state index is 0.189. The first-order valence-electron chi connectivity index (χ1n) is 12.3. The number of halogens is 2. The van der Waals surface area contributed by atoms with Crippen molar-refractivity contribution >= 4 is 28.4 Å². The van der Waals surface area contributed by atoms with Gasteiger partial charge < -0.3 is 25.6 Å². The molecule has 2 atom stereocenters. The minimum atomic E-state index is -0.930. The van der Waals surface area contributed by atoms with Gasteiger partial charge in [-0.2, -0.15) is 0 Å². The van der Waals surface area contributed by atoms with Gasteiger partial charge in [-0.15, -0.1) is 0 Å². The van der Waals surface area contributed by atoms with Crippen molar-refractivity contribution < 1.29 is 18.3 Å². The van der Waals surface area contributed by atoms with Crippen LogP contribution in [0, 0.1) is 11.6 Å². The Morgan fingerprint density at radius 3 is 2.81 bits per heavy atom. The van der Waals surface area contributed by atoms with Gasteiger partial charge in [0.1, 0.15) is 5.82 Å². The summed E-state index contributed by atoms with van der Waals surface area (Å²) in [6.45, 7) is 6.08. The number of carbonyl (C=O) groups is 1. The zero-order valence-electron chi connectivity index (χ0n) is 20.2. The Balaban J connectivity index is 1.48. The van der Waals surface area contributed by atoms with Gasteiger partial charge in [0.05, 0.1) is 36.5 Å². The van der Waals surface area contributed by atoms with Gasteiger partial charge in [-0.1, -0.05) is 0 Å². The molecule has 0 spiro atoms. The fourth-order valence-corrected chi connectivity index (χ4v) is 4.70. The smallest absolute Gasteiger partial charge is 0.251 e. The van der Waals surface area contributed by atoms with Crippen molar-refractivity contribution in [3.05, 3.63) is 59.3 Å². The molecule has 0 radical (unpaired) electrons. The summed E-state index contributed by atoms with van der Waals surface area (Å²) in [5.41, 5.74) is 2.88. The molecule has 2 aliphatic rings. The Bertz CT molecular complexity index is 1240. The van der Waals surface area contributed by atoms with E-state index >= 15 is 0 Å². The van der Waals surface area contributed by atoms with E-state index in [0.29, 0.717) is 55.1 Å². The van der Waals surface area contributed by atoms with E-state index in [1.54, 1.807) is 18.3 Å². The van der Waals surface area contributed by atoms with Gasteiger partial charge in [-0.3, -0.25) is 9.78 Å². The van der Waals surface area contributed by atoms with E-state index in [0.717, 1.165) is 42.9 Å². The maximum atomic E-state index is 13.8. The highest BCUT2D eigenvalue weighted by molar-refractivity contribution is 5.98. The third kappa shape index (κ3) is 5.39. The second-order valence-electron chi connectivity index (χ2n) is 9.26. The number of anilines is 2. The van der Waals surface area contributed by atoms with Gasteiger partial charge in [0.25, 0.3) is 5.91 Å². The molecule has 1 aromatic heterocycles. The minimum Gasteiger partial charge on any atom is -0.378 e. The van der Waals surface area contributed by atoms with E-state index < -0.39 is 11.6 Å². The van der Waals surface area contributed by atoms with Crippen LogP contribution in [0.1, 0.15) is 41.7 Å². The number of nitrogens with zero attached hydrogens (tertiary/aromatic N) is 3. The number of rotatable bonds is 7. The summed E-state index contributed by atoms with van der Waals surface area (Å²) in [6.07, 6.45) is 3.86. The molecule has 0 saturated carbocycles. The molecule has 2 fully saturated rings. The Morgan fingerprint density at radius 1 is 1.22 bits per heavy atom. The Labute approximate surface area is 208 Å². The van der Waals surface area contributed by atoms with Crippen LogP contribution in [0.15, 0.2) is 36.5 Å². The molecule has 5 rings (SSSR count). The maximum Gasteiger partial charge on any atom is 0.251 e. The maximum absolute atomic E-state index is 13.8. The molecule has 0 aliphatic carbocycles. The first kappa shape index (κ1) is 24.3. The predicted octanol–water partition coefficient (Wildman–Crippen LogP) is 3.40. The average molecular weight is 497 g/mol. The Kier molecular flexibility index (Phi) is 7.24. The lowest BCUT2D eigenvalue weighted by atomic mass is 10.0. The zero-order chi connectivity index (χ0) is 25.1. The molecule has 8 nitrogen and oxygen atoms in total. The standard InChI is InChI=1S/C26H30F2N6O2/c1-16(32-18-4-5-21(27)22(28)13-18)20-11-17(26(35)31-14-19-3-2-6-29-19)12-23-25(20)33-24(15-30-23)34-7-9-36-10-8-34/h4-5,11-13,15-16,19,29,32H,2-3,6-10,14H2,1H3,(H,31,35). The summed E-state index contributed by atoms with van der Waals surface area (Å²) in [7, 11) is 0. The summed E-state index contributed by atoms with van der Waals surface area (Å²) < 4.78 is 32.7. The quantitative estimate of drug-likeness (QED) is 0.462. The molecule has 1 amide bonds. The van der Waals surface area contributed by atoms with Gasteiger partial charge >= 0.3 is 0 Å². The fourth-order valence-electron chi connectivity index (χ4n) is 4.70. The highest BCUT2D eigenvalue weighted by Crippen LogP contribution is 2.29. The monoisotopic (exact) mass is 496 g/mol. The van der Waals surface area contributed by atoms with Gasteiger partial charge in [0.15, 0.2) is 11.6 Å². The molecular weight excluding hydrogens is 466 g/mol. The van der Waals surface area contributed by atoms with Crippen LogP contribution in [0.25, 0.3) is 11.0 Å². The first-order chi connectivity index (χ1) is 17.5. The molecular formula is C26H30F2N6O2. The van der Waals surface area contributed by atoms with Crippen molar-refractivity contribution in [3.63, 3.8) is 0 Å². The fraction of sp³-hybridized carbons (Fsp3) is 0.423. The summed E-state index contributed by atoms with van der Waals surface area (Å²) >= 11 is 0. The molecule has 2 aromatic carbocycles. The average Bonchev–Trinajstić information content (AvgIpc) is 3.43. The van der Waals surface area contributed by atoms with Crippen LogP contribution in [0.3, 0.4) is 0 Å². The third-order valence-corrected chi connectivity index (χ3v) is 6.70. The van der Waals surface area contributed by atoms with Crippen molar-refractivity contribution in [1.82, 2.24) is 20.6 Å². The van der Waals surface area contributed by atoms with Crippen LogP contribution < -0.4 is 20.9 Å². The van der Waals surface area contributed by atoms with Crippen LogP contribution >= 0.6 is 0 Å². The summed E-state index contributed by atoms with van der Waals surface area (Å²) in [4.78, 5) is 24.7. The molecule has 3 N–H and O–H groups in total. The van der Waals surface area contributed by atoms with E-state index in [1.165, 1.54) is 6.07 Å². The van der Waals surface area contributed by atoms with Crippen molar-refractivity contribution in [2.45, 2.75) is 31.8 Å². The number of carbonyl (C=O) groups excluding carboxylic acids is 1. The number of hydrogen-bond donors (Lipinski definition) is 3. The Morgan fingerprint density at radius 2 is 2.06 bits per heavy atom. The number of ether oxygens (including phenoxy) is 1. The van der Waals surface area contributed by atoms with Crippen molar-refractivity contribution in [3.8, 4) is 0 Å². The second kappa shape index (κ2) is 10.7. The molecule has 36 heavy (non-hydrogen) atoms. The van der Waals surface area contributed by atoms with E-state index in [4.69, 9.17) is 9.72 Å². The molecule has 2 aliphatic heterocycles. The lowest BCUT2D eigenvalue weighted by Crippen LogP contribution is -2.37. The SMILES string of the molecule is CC(Nc1ccc(F)c(F)c1)c1cc(C(=O)NCC2CCCN2)cc2ncc(N3CCOCC3)nc12. The van der Waals surface area contributed by atoms with Gasteiger partial charge in [-0.25, -0.2) is 13.8 Å². The molecule has 2 saturated heterocycles. The van der Waals surface area contributed by atoms with Crippen LogP contribution in [0.2, 0.25) is 0 Å². The first-order valence-corrected chi connectivity index (χ1v) is 12.3. The highest BCUT2D eigenvalue weighted by atomic mass is 19.2. The van der Waals surface area contributed by atoms with Crippen LogP contribution in [0.5, 0.6) is 0 Å². The van der Waals surface area contributed by atoms with Crippen LogP contribution in [-0.2, 0) is 4.74 Å². The summed E-state index contributed by atoms with van der Waals surface area (Å²) in [6, 6.07) is 7.14. The van der Waals surface area contributed by atoms with Gasteiger partial charge in [-0.05, 0) is 50.6 Å². The van der Waals surface area contributed by atoms with E-state index in [9.17, 15) is 13.6 Å². The Hall–Kier alpha value is -3.37. The summed E-state index contributed by atoms with van der Waals surface area (Å²) in [5, 5.41) is 9.60. The van der Waals surface area contributed by atoms with Crippen molar-refractivity contribution in [2.75, 3.05) is 49.6 Å². The van der Waals surface area contributed by atoms with Crippen LogP contribution in [-0.4, -0.2) is 61.3 Å². The zero-order valence-corrected chi connectivity index (χ0v) is 20.2. The number of hydrogen-bond acceptors (Lipinski definition) is 7. The lowest BCUT2D eigenvalue weighted by Gasteiger charge is -2.28. The number of aromatic nitrogens is 2. The van der Waals surface area contributed by atoms with Gasteiger partial charge in [0, 0.05) is 48.6 Å². The normalized spacial score (nSPS) is 18.9. The third-order valence-electron chi connectivity index (χ3n) is 6.70. The molecule has 2 unspecified atom stereocenters. The van der Waals surface area contributed by atoms with Crippen molar-refractivity contribution in [2.24, 2.45) is 0 Å². The number of morpholine rings is 1. The van der Waals surface area contributed by atoms with Gasteiger partial charge in [0.2, 0.25) is 0 Å². The summed E-state index contributed by atoms with van der Waals surface area (Å²) in [5.74, 6) is -1.29. The lowest BCUT2D eigenvalue weighted by molar-refractivity contribution is 0.0950. The largest absolute Gasteiger partial charge is 0.378 e. The molecule has 3 aromatic rings. The molecule has 190 valence electrons. The predicted molar refractivity (Wildman–Crippen MR) is 134 cm³/mol. The van der Waals surface area contributed by atoms with E-state index in [2.05, 4.69) is 25.8 Å². The van der Waals surface area contributed by atoms with E-state index in [1.807, 2.05) is 6.92 Å². The number of nitrogens with one attached hydrogen (secondary N) is 3. The van der Waals surface area contributed by atoms with Crippen LogP contribution in [0.4, 0.5) is 20.3 Å². The van der Waals surface area contributed by atoms with E-state index in [-0.39, 0.29) is 18.0 Å². The molecule has 10 heteroatoms. The number of fused-ring (bicyclic) bond motifs is 1. The highest BCUT2D eigenvalue weighted by Gasteiger charge is 2.21. The topological polar surface area (TPSA) is 91.4 Å².